The van der Waals surface area contributed by atoms with Crippen molar-refractivity contribution < 1.29 is 23.1 Å². The van der Waals surface area contributed by atoms with E-state index in [-0.39, 0.29) is 23.7 Å². The second-order valence-electron chi connectivity index (χ2n) is 7.21. The first-order valence-electron chi connectivity index (χ1n) is 9.33. The molecule has 0 fully saturated rings. The number of carbonyl (C=O) groups excluding carboxylic acids is 1. The molecule has 2 rings (SSSR count). The molecule has 0 unspecified atom stereocenters. The molecular formula is C21H26N2O5S. The van der Waals surface area contributed by atoms with Gasteiger partial charge in [-0.25, -0.2) is 13.2 Å². The summed E-state index contributed by atoms with van der Waals surface area (Å²) in [7, 11) is -3.92. The van der Waals surface area contributed by atoms with Crippen molar-refractivity contribution >= 4 is 21.9 Å². The van der Waals surface area contributed by atoms with E-state index in [1.165, 1.54) is 12.1 Å². The number of amides is 1. The summed E-state index contributed by atoms with van der Waals surface area (Å²) in [5.74, 6) is -1.83. The first-order valence-corrected chi connectivity index (χ1v) is 10.8. The molecule has 0 aliphatic rings. The Hall–Kier alpha value is -2.71. The highest BCUT2D eigenvalue weighted by molar-refractivity contribution is 7.89. The predicted octanol–water partition coefficient (Wildman–Crippen LogP) is 2.19. The molecule has 0 radical (unpaired) electrons. The van der Waals surface area contributed by atoms with Gasteiger partial charge in [-0.05, 0) is 30.0 Å². The fourth-order valence-electron chi connectivity index (χ4n) is 2.86. The van der Waals surface area contributed by atoms with Crippen molar-refractivity contribution in [3.05, 3.63) is 66.2 Å². The normalized spacial score (nSPS) is 13.6. The average Bonchev–Trinajstić information content (AvgIpc) is 2.67. The number of nitrogens with one attached hydrogen (secondary N) is 2. The van der Waals surface area contributed by atoms with Gasteiger partial charge in [-0.3, -0.25) is 4.79 Å². The van der Waals surface area contributed by atoms with Crippen molar-refractivity contribution in [1.82, 2.24) is 10.0 Å². The van der Waals surface area contributed by atoms with Gasteiger partial charge in [0.25, 0.3) is 0 Å². The van der Waals surface area contributed by atoms with Crippen LogP contribution in [0.25, 0.3) is 0 Å². The van der Waals surface area contributed by atoms with Crippen molar-refractivity contribution in [3.63, 3.8) is 0 Å². The van der Waals surface area contributed by atoms with Crippen LogP contribution in [-0.2, 0) is 26.0 Å². The third-order valence-electron chi connectivity index (χ3n) is 4.27. The van der Waals surface area contributed by atoms with Gasteiger partial charge in [0.2, 0.25) is 15.9 Å². The van der Waals surface area contributed by atoms with Gasteiger partial charge in [-0.1, -0.05) is 62.4 Å². The average molecular weight is 419 g/mol. The Morgan fingerprint density at radius 3 is 2.00 bits per heavy atom. The zero-order valence-electron chi connectivity index (χ0n) is 16.4. The van der Waals surface area contributed by atoms with Gasteiger partial charge in [0.15, 0.2) is 0 Å². The van der Waals surface area contributed by atoms with E-state index in [9.17, 15) is 23.1 Å². The van der Waals surface area contributed by atoms with Crippen molar-refractivity contribution in [2.45, 2.75) is 43.7 Å². The monoisotopic (exact) mass is 418 g/mol. The van der Waals surface area contributed by atoms with Gasteiger partial charge < -0.3 is 10.4 Å². The van der Waals surface area contributed by atoms with Crippen LogP contribution in [0.4, 0.5) is 0 Å². The molecule has 0 saturated carbocycles. The van der Waals surface area contributed by atoms with E-state index in [0.717, 1.165) is 5.56 Å². The van der Waals surface area contributed by atoms with Crippen molar-refractivity contribution in [1.29, 1.82) is 0 Å². The minimum absolute atomic E-state index is 0.0154. The van der Waals surface area contributed by atoms with Gasteiger partial charge in [0.05, 0.1) is 4.90 Å². The second kappa shape index (κ2) is 10.2. The van der Waals surface area contributed by atoms with E-state index >= 15 is 0 Å². The summed E-state index contributed by atoms with van der Waals surface area (Å²) in [6, 6.07) is 14.4. The standard InChI is InChI=1S/C21H26N2O5S/c1-15(2)13-18(23-29(27,28)17-11-7-4-8-12-17)20(24)22-19(21(25)26)14-16-9-5-3-6-10-16/h3-12,15,18-19,23H,13-14H2,1-2H3,(H,22,24)(H,25,26)/t18-,19-/m0/s1. The predicted molar refractivity (Wildman–Crippen MR) is 110 cm³/mol. The molecule has 2 aromatic rings. The molecule has 0 heterocycles. The zero-order chi connectivity index (χ0) is 21.4. The van der Waals surface area contributed by atoms with Crippen molar-refractivity contribution in [2.24, 2.45) is 5.92 Å². The van der Waals surface area contributed by atoms with E-state index < -0.39 is 34.0 Å². The molecule has 7 nitrogen and oxygen atoms in total. The number of rotatable bonds is 10. The minimum atomic E-state index is -3.92. The number of carbonyl (C=O) groups is 2. The molecule has 2 atom stereocenters. The van der Waals surface area contributed by atoms with E-state index in [4.69, 9.17) is 0 Å². The molecule has 2 aromatic carbocycles. The molecular weight excluding hydrogens is 392 g/mol. The summed E-state index contributed by atoms with van der Waals surface area (Å²) in [6.45, 7) is 3.71. The molecule has 0 aliphatic heterocycles. The van der Waals surface area contributed by atoms with Gasteiger partial charge >= 0.3 is 5.97 Å². The largest absolute Gasteiger partial charge is 0.480 e. The molecule has 0 aliphatic carbocycles. The van der Waals surface area contributed by atoms with Gasteiger partial charge in [0, 0.05) is 6.42 Å². The van der Waals surface area contributed by atoms with Gasteiger partial charge in [0.1, 0.15) is 12.1 Å². The Morgan fingerprint density at radius 1 is 0.931 bits per heavy atom. The molecule has 29 heavy (non-hydrogen) atoms. The van der Waals surface area contributed by atoms with E-state index in [0.29, 0.717) is 0 Å². The van der Waals surface area contributed by atoms with Gasteiger partial charge in [-0.2, -0.15) is 4.72 Å². The van der Waals surface area contributed by atoms with E-state index in [2.05, 4.69) is 10.0 Å². The van der Waals surface area contributed by atoms with Crippen LogP contribution in [0.3, 0.4) is 0 Å². The number of hydrogen-bond donors (Lipinski definition) is 3. The molecule has 0 aromatic heterocycles. The van der Waals surface area contributed by atoms with Crippen LogP contribution in [0.5, 0.6) is 0 Å². The SMILES string of the molecule is CC(C)C[C@H](NS(=O)(=O)c1ccccc1)C(=O)N[C@@H](Cc1ccccc1)C(=O)O. The van der Waals surface area contributed by atoms with E-state index in [1.807, 2.05) is 19.9 Å². The summed E-state index contributed by atoms with van der Waals surface area (Å²) >= 11 is 0. The second-order valence-corrected chi connectivity index (χ2v) is 8.92. The number of hydrogen-bond acceptors (Lipinski definition) is 4. The van der Waals surface area contributed by atoms with Crippen molar-refractivity contribution in [2.75, 3.05) is 0 Å². The first-order chi connectivity index (χ1) is 13.7. The summed E-state index contributed by atoms with van der Waals surface area (Å²) < 4.78 is 27.7. The zero-order valence-corrected chi connectivity index (χ0v) is 17.2. The van der Waals surface area contributed by atoms with Crippen LogP contribution >= 0.6 is 0 Å². The maximum absolute atomic E-state index is 12.8. The number of carboxylic acid groups (broad SMARTS) is 1. The molecule has 0 spiro atoms. The Kier molecular flexibility index (Phi) is 7.92. The Morgan fingerprint density at radius 2 is 1.48 bits per heavy atom. The number of aliphatic carboxylic acids is 1. The van der Waals surface area contributed by atoms with Crippen LogP contribution in [0.2, 0.25) is 0 Å². The molecule has 8 heteroatoms. The van der Waals surface area contributed by atoms with Crippen LogP contribution in [0.15, 0.2) is 65.6 Å². The lowest BCUT2D eigenvalue weighted by atomic mass is 10.0. The fraction of sp³-hybridized carbons (Fsp3) is 0.333. The molecule has 0 saturated heterocycles. The highest BCUT2D eigenvalue weighted by atomic mass is 32.2. The lowest BCUT2D eigenvalue weighted by molar-refractivity contribution is -0.142. The van der Waals surface area contributed by atoms with Crippen LogP contribution in [0.1, 0.15) is 25.8 Å². The Bertz CT molecular complexity index is 915. The maximum Gasteiger partial charge on any atom is 0.326 e. The Labute approximate surface area is 171 Å². The molecule has 1 amide bonds. The topological polar surface area (TPSA) is 113 Å². The summed E-state index contributed by atoms with van der Waals surface area (Å²) in [4.78, 5) is 24.5. The minimum Gasteiger partial charge on any atom is -0.480 e. The quantitative estimate of drug-likeness (QED) is 0.547. The lowest BCUT2D eigenvalue weighted by Crippen LogP contribution is -2.52. The molecule has 3 N–H and O–H groups in total. The highest BCUT2D eigenvalue weighted by Crippen LogP contribution is 2.13. The van der Waals surface area contributed by atoms with Crippen LogP contribution < -0.4 is 10.0 Å². The summed E-state index contributed by atoms with van der Waals surface area (Å²) in [5.41, 5.74) is 0.755. The summed E-state index contributed by atoms with van der Waals surface area (Å²) in [5, 5.41) is 12.0. The summed E-state index contributed by atoms with van der Waals surface area (Å²) in [6.07, 6.45) is 0.331. The lowest BCUT2D eigenvalue weighted by Gasteiger charge is -2.23. The third kappa shape index (κ3) is 6.99. The molecule has 0 bridgehead atoms. The van der Waals surface area contributed by atoms with Crippen LogP contribution in [-0.4, -0.2) is 37.5 Å². The third-order valence-corrected chi connectivity index (χ3v) is 5.76. The maximum atomic E-state index is 12.8. The Balaban J connectivity index is 2.17. The highest BCUT2D eigenvalue weighted by Gasteiger charge is 2.29. The molecule has 156 valence electrons. The van der Waals surface area contributed by atoms with Crippen LogP contribution in [0, 0.1) is 5.92 Å². The van der Waals surface area contributed by atoms with Gasteiger partial charge in [-0.15, -0.1) is 0 Å². The van der Waals surface area contributed by atoms with E-state index in [1.54, 1.807) is 42.5 Å². The number of carboxylic acids is 1. The number of sulfonamides is 1. The van der Waals surface area contributed by atoms with Crippen molar-refractivity contribution in [3.8, 4) is 0 Å². The fourth-order valence-corrected chi connectivity index (χ4v) is 4.09. The first kappa shape index (κ1) is 22.6. The smallest absolute Gasteiger partial charge is 0.326 e. The number of benzene rings is 2.